The minimum absolute atomic E-state index is 0.311. The average Bonchev–Trinajstić information content (AvgIpc) is 2.97. The van der Waals surface area contributed by atoms with Gasteiger partial charge in [0.1, 0.15) is 16.8 Å². The van der Waals surface area contributed by atoms with Crippen molar-refractivity contribution in [2.75, 3.05) is 11.9 Å². The number of thiophene rings is 1. The van der Waals surface area contributed by atoms with Gasteiger partial charge in [0.2, 0.25) is 0 Å². The van der Waals surface area contributed by atoms with Gasteiger partial charge in [0.15, 0.2) is 0 Å². The van der Waals surface area contributed by atoms with Crippen LogP contribution in [0.15, 0.2) is 12.5 Å². The SMILES string of the molecule is Cc1sc(NC(=O)c2cn(CCN)cn2)c(C#N)c1C. The molecule has 2 aromatic rings. The summed E-state index contributed by atoms with van der Waals surface area (Å²) in [5.41, 5.74) is 7.17. The molecule has 0 atom stereocenters. The van der Waals surface area contributed by atoms with E-state index >= 15 is 0 Å². The van der Waals surface area contributed by atoms with Gasteiger partial charge < -0.3 is 15.6 Å². The zero-order valence-corrected chi connectivity index (χ0v) is 12.1. The Morgan fingerprint density at radius 2 is 2.35 bits per heavy atom. The molecule has 0 fully saturated rings. The lowest BCUT2D eigenvalue weighted by Crippen LogP contribution is -2.12. The van der Waals surface area contributed by atoms with Crippen molar-refractivity contribution in [2.24, 2.45) is 5.73 Å². The number of nitriles is 1. The number of carbonyl (C=O) groups is 1. The summed E-state index contributed by atoms with van der Waals surface area (Å²) < 4.78 is 1.75. The highest BCUT2D eigenvalue weighted by Crippen LogP contribution is 2.31. The Bertz CT molecular complexity index is 679. The molecule has 0 aliphatic carbocycles. The standard InChI is InChI=1S/C13H15N5OS/c1-8-9(2)20-13(10(8)5-15)17-12(19)11-6-18(4-3-14)7-16-11/h6-7H,3-4,14H2,1-2H3,(H,17,19). The summed E-state index contributed by atoms with van der Waals surface area (Å²) in [7, 11) is 0. The summed E-state index contributed by atoms with van der Waals surface area (Å²) in [6, 6.07) is 2.12. The molecule has 7 heteroatoms. The molecule has 2 heterocycles. The zero-order valence-electron chi connectivity index (χ0n) is 11.3. The van der Waals surface area contributed by atoms with Gasteiger partial charge in [-0.1, -0.05) is 0 Å². The van der Waals surface area contributed by atoms with E-state index in [1.165, 1.54) is 11.3 Å². The highest BCUT2D eigenvalue weighted by molar-refractivity contribution is 7.16. The van der Waals surface area contributed by atoms with E-state index in [0.29, 0.717) is 29.3 Å². The van der Waals surface area contributed by atoms with Gasteiger partial charge in [-0.05, 0) is 19.4 Å². The van der Waals surface area contributed by atoms with E-state index in [2.05, 4.69) is 16.4 Å². The highest BCUT2D eigenvalue weighted by Gasteiger charge is 2.16. The van der Waals surface area contributed by atoms with E-state index in [1.54, 1.807) is 17.1 Å². The first-order valence-electron chi connectivity index (χ1n) is 6.10. The molecule has 2 aromatic heterocycles. The maximum atomic E-state index is 12.1. The number of nitrogens with one attached hydrogen (secondary N) is 1. The van der Waals surface area contributed by atoms with Crippen LogP contribution in [0.25, 0.3) is 0 Å². The van der Waals surface area contributed by atoms with Crippen LogP contribution in [-0.4, -0.2) is 22.0 Å². The largest absolute Gasteiger partial charge is 0.335 e. The van der Waals surface area contributed by atoms with Crippen molar-refractivity contribution in [3.8, 4) is 6.07 Å². The van der Waals surface area contributed by atoms with Crippen LogP contribution < -0.4 is 11.1 Å². The predicted molar refractivity (Wildman–Crippen MR) is 77.7 cm³/mol. The van der Waals surface area contributed by atoms with Gasteiger partial charge in [0.05, 0.1) is 11.9 Å². The number of aryl methyl sites for hydroxylation is 1. The predicted octanol–water partition coefficient (Wildman–Crippen LogP) is 1.64. The van der Waals surface area contributed by atoms with E-state index in [4.69, 9.17) is 11.0 Å². The van der Waals surface area contributed by atoms with Crippen LogP contribution in [-0.2, 0) is 6.54 Å². The third kappa shape index (κ3) is 2.71. The first kappa shape index (κ1) is 14.2. The second-order valence-corrected chi connectivity index (χ2v) is 5.56. The summed E-state index contributed by atoms with van der Waals surface area (Å²) in [5, 5.41) is 12.5. The number of aromatic nitrogens is 2. The summed E-state index contributed by atoms with van der Waals surface area (Å²) in [5.74, 6) is -0.321. The molecule has 3 N–H and O–H groups in total. The van der Waals surface area contributed by atoms with Crippen LogP contribution in [0.2, 0.25) is 0 Å². The maximum Gasteiger partial charge on any atom is 0.276 e. The van der Waals surface area contributed by atoms with Crippen molar-refractivity contribution >= 4 is 22.2 Å². The molecule has 0 radical (unpaired) electrons. The Morgan fingerprint density at radius 3 is 3.00 bits per heavy atom. The van der Waals surface area contributed by atoms with E-state index in [9.17, 15) is 4.79 Å². The zero-order chi connectivity index (χ0) is 14.7. The van der Waals surface area contributed by atoms with E-state index in [0.717, 1.165) is 10.4 Å². The molecule has 0 bridgehead atoms. The highest BCUT2D eigenvalue weighted by atomic mass is 32.1. The summed E-state index contributed by atoms with van der Waals surface area (Å²) in [6.07, 6.45) is 3.21. The van der Waals surface area contributed by atoms with Crippen LogP contribution >= 0.6 is 11.3 Å². The van der Waals surface area contributed by atoms with Crippen LogP contribution in [0, 0.1) is 25.2 Å². The number of carbonyl (C=O) groups excluding carboxylic acids is 1. The molecule has 0 spiro atoms. The van der Waals surface area contributed by atoms with Gasteiger partial charge in [-0.25, -0.2) is 4.98 Å². The molecule has 1 amide bonds. The summed E-state index contributed by atoms with van der Waals surface area (Å²) in [6.45, 7) is 4.89. The molecule has 104 valence electrons. The molecule has 0 saturated carbocycles. The number of anilines is 1. The van der Waals surface area contributed by atoms with E-state index in [-0.39, 0.29) is 5.91 Å². The number of amides is 1. The van der Waals surface area contributed by atoms with Crippen LogP contribution in [0.5, 0.6) is 0 Å². The third-order valence-corrected chi connectivity index (χ3v) is 4.10. The minimum atomic E-state index is -0.321. The first-order valence-corrected chi connectivity index (χ1v) is 6.91. The Labute approximate surface area is 120 Å². The second kappa shape index (κ2) is 5.86. The van der Waals surface area contributed by atoms with Crippen molar-refractivity contribution in [1.82, 2.24) is 9.55 Å². The molecule has 0 unspecified atom stereocenters. The van der Waals surface area contributed by atoms with Crippen molar-refractivity contribution in [1.29, 1.82) is 5.26 Å². The van der Waals surface area contributed by atoms with Crippen LogP contribution in [0.4, 0.5) is 5.00 Å². The Morgan fingerprint density at radius 1 is 1.60 bits per heavy atom. The van der Waals surface area contributed by atoms with E-state index < -0.39 is 0 Å². The lowest BCUT2D eigenvalue weighted by molar-refractivity contribution is 0.102. The first-order chi connectivity index (χ1) is 9.56. The fourth-order valence-corrected chi connectivity index (χ4v) is 2.77. The fourth-order valence-electron chi connectivity index (χ4n) is 1.77. The minimum Gasteiger partial charge on any atom is -0.335 e. The smallest absolute Gasteiger partial charge is 0.276 e. The average molecular weight is 289 g/mol. The Kier molecular flexibility index (Phi) is 4.17. The van der Waals surface area contributed by atoms with Gasteiger partial charge in [-0.15, -0.1) is 11.3 Å². The lowest BCUT2D eigenvalue weighted by atomic mass is 10.2. The number of imidazole rings is 1. The van der Waals surface area contributed by atoms with E-state index in [1.807, 2.05) is 13.8 Å². The van der Waals surface area contributed by atoms with Crippen LogP contribution in [0.3, 0.4) is 0 Å². The van der Waals surface area contributed by atoms with Crippen molar-refractivity contribution in [2.45, 2.75) is 20.4 Å². The molecular weight excluding hydrogens is 274 g/mol. The molecule has 0 aliphatic rings. The number of nitrogens with two attached hydrogens (primary N) is 1. The van der Waals surface area contributed by atoms with Gasteiger partial charge in [-0.2, -0.15) is 5.26 Å². The molecule has 0 saturated heterocycles. The molecule has 0 aliphatic heterocycles. The van der Waals surface area contributed by atoms with Gasteiger partial charge in [-0.3, -0.25) is 4.79 Å². The van der Waals surface area contributed by atoms with Crippen molar-refractivity contribution in [3.63, 3.8) is 0 Å². The summed E-state index contributed by atoms with van der Waals surface area (Å²) >= 11 is 1.40. The lowest BCUT2D eigenvalue weighted by Gasteiger charge is -2.00. The second-order valence-electron chi connectivity index (χ2n) is 4.34. The number of nitrogens with zero attached hydrogens (tertiary/aromatic N) is 3. The monoisotopic (exact) mass is 289 g/mol. The van der Waals surface area contributed by atoms with Crippen molar-refractivity contribution in [3.05, 3.63) is 34.2 Å². The van der Waals surface area contributed by atoms with Crippen molar-refractivity contribution < 1.29 is 4.79 Å². The molecule has 20 heavy (non-hydrogen) atoms. The Balaban J connectivity index is 2.19. The van der Waals surface area contributed by atoms with Gasteiger partial charge in [0, 0.05) is 24.2 Å². The fraction of sp³-hybridized carbons (Fsp3) is 0.308. The number of hydrogen-bond acceptors (Lipinski definition) is 5. The normalized spacial score (nSPS) is 10.3. The van der Waals surface area contributed by atoms with Gasteiger partial charge in [0.25, 0.3) is 5.91 Å². The molecule has 6 nitrogen and oxygen atoms in total. The van der Waals surface area contributed by atoms with Crippen LogP contribution in [0.1, 0.15) is 26.5 Å². The van der Waals surface area contributed by atoms with Gasteiger partial charge >= 0.3 is 0 Å². The molecular formula is C13H15N5OS. The summed E-state index contributed by atoms with van der Waals surface area (Å²) in [4.78, 5) is 17.2. The topological polar surface area (TPSA) is 96.7 Å². The maximum absolute atomic E-state index is 12.1. The Hall–Kier alpha value is -2.17. The third-order valence-electron chi connectivity index (χ3n) is 2.98. The molecule has 2 rings (SSSR count). The number of hydrogen-bond donors (Lipinski definition) is 2. The number of rotatable bonds is 4. The molecule has 0 aromatic carbocycles. The quantitative estimate of drug-likeness (QED) is 0.894.